The van der Waals surface area contributed by atoms with Crippen molar-refractivity contribution in [3.8, 4) is 0 Å². The van der Waals surface area contributed by atoms with E-state index < -0.39 is 0 Å². The van der Waals surface area contributed by atoms with Crippen LogP contribution in [0.1, 0.15) is 38.3 Å². The van der Waals surface area contributed by atoms with Gasteiger partial charge in [-0.1, -0.05) is 6.92 Å². The van der Waals surface area contributed by atoms with Gasteiger partial charge in [-0.05, 0) is 38.9 Å². The molecular weight excluding hydrogens is 200 g/mol. The molecule has 0 aromatic carbocycles. The van der Waals surface area contributed by atoms with Crippen molar-refractivity contribution in [2.24, 2.45) is 0 Å². The topological polar surface area (TPSA) is 28.4 Å². The molecule has 0 spiro atoms. The Morgan fingerprint density at radius 3 is 3.19 bits per heavy atom. The number of hydrogen-bond acceptors (Lipinski definition) is 3. The van der Waals surface area contributed by atoms with E-state index in [0.29, 0.717) is 12.1 Å². The lowest BCUT2D eigenvalue weighted by molar-refractivity contribution is 0.192. The first-order chi connectivity index (χ1) is 7.79. The fourth-order valence-electron chi connectivity index (χ4n) is 2.45. The van der Waals surface area contributed by atoms with Crippen LogP contribution in [0.2, 0.25) is 0 Å². The third kappa shape index (κ3) is 2.86. The summed E-state index contributed by atoms with van der Waals surface area (Å²) in [5.74, 6) is 0. The highest BCUT2D eigenvalue weighted by atomic mass is 16.3. The molecule has 1 aromatic rings. The van der Waals surface area contributed by atoms with E-state index in [1.807, 2.05) is 12.3 Å². The van der Waals surface area contributed by atoms with Gasteiger partial charge in [-0.2, -0.15) is 0 Å². The van der Waals surface area contributed by atoms with Gasteiger partial charge in [-0.3, -0.25) is 0 Å². The van der Waals surface area contributed by atoms with Crippen molar-refractivity contribution < 1.29 is 4.42 Å². The van der Waals surface area contributed by atoms with Crippen molar-refractivity contribution in [2.45, 2.75) is 38.8 Å². The molecule has 1 aliphatic rings. The van der Waals surface area contributed by atoms with Crippen LogP contribution in [0.5, 0.6) is 0 Å². The van der Waals surface area contributed by atoms with Gasteiger partial charge in [0.1, 0.15) is 0 Å². The fourth-order valence-corrected chi connectivity index (χ4v) is 2.45. The normalized spacial score (nSPS) is 24.5. The van der Waals surface area contributed by atoms with Crippen LogP contribution in [0.4, 0.5) is 0 Å². The molecule has 2 unspecified atom stereocenters. The number of likely N-dealkylation sites (tertiary alicyclic amines) is 1. The first-order valence-corrected chi connectivity index (χ1v) is 6.30. The molecule has 2 heterocycles. The van der Waals surface area contributed by atoms with E-state index >= 15 is 0 Å². The molecule has 3 heteroatoms. The molecule has 0 aliphatic carbocycles. The predicted molar refractivity (Wildman–Crippen MR) is 65.4 cm³/mol. The van der Waals surface area contributed by atoms with Gasteiger partial charge in [0.2, 0.25) is 0 Å². The first-order valence-electron chi connectivity index (χ1n) is 6.30. The monoisotopic (exact) mass is 222 g/mol. The summed E-state index contributed by atoms with van der Waals surface area (Å²) >= 11 is 0. The quantitative estimate of drug-likeness (QED) is 0.848. The standard InChI is InChI=1S/C13H22N2O/c1-3-15-7-4-5-13(9-15)14-11(2)12-6-8-16-10-12/h6,8,10-11,13-14H,3-5,7,9H2,1-2H3. The second kappa shape index (κ2) is 5.51. The Hall–Kier alpha value is -0.800. The maximum atomic E-state index is 5.12. The molecule has 90 valence electrons. The molecule has 1 saturated heterocycles. The Balaban J connectivity index is 1.84. The molecule has 1 aliphatic heterocycles. The Morgan fingerprint density at radius 1 is 1.62 bits per heavy atom. The van der Waals surface area contributed by atoms with Gasteiger partial charge in [-0.25, -0.2) is 0 Å². The van der Waals surface area contributed by atoms with Crippen molar-refractivity contribution in [3.05, 3.63) is 24.2 Å². The molecule has 16 heavy (non-hydrogen) atoms. The maximum Gasteiger partial charge on any atom is 0.0950 e. The van der Waals surface area contributed by atoms with Crippen LogP contribution in [-0.2, 0) is 0 Å². The predicted octanol–water partition coefficient (Wildman–Crippen LogP) is 2.41. The second-order valence-corrected chi connectivity index (χ2v) is 4.68. The van der Waals surface area contributed by atoms with Gasteiger partial charge >= 0.3 is 0 Å². The highest BCUT2D eigenvalue weighted by molar-refractivity contribution is 5.10. The third-order valence-electron chi connectivity index (χ3n) is 3.48. The van der Waals surface area contributed by atoms with Gasteiger partial charge in [0.15, 0.2) is 0 Å². The summed E-state index contributed by atoms with van der Waals surface area (Å²) in [6, 6.07) is 3.05. The zero-order valence-electron chi connectivity index (χ0n) is 10.3. The van der Waals surface area contributed by atoms with E-state index in [1.165, 1.54) is 31.5 Å². The zero-order chi connectivity index (χ0) is 11.4. The van der Waals surface area contributed by atoms with E-state index in [2.05, 4.69) is 24.1 Å². The molecular formula is C13H22N2O. The summed E-state index contributed by atoms with van der Waals surface area (Å²) in [5.41, 5.74) is 1.24. The van der Waals surface area contributed by atoms with Gasteiger partial charge < -0.3 is 14.6 Å². The van der Waals surface area contributed by atoms with Crippen molar-refractivity contribution in [3.63, 3.8) is 0 Å². The number of hydrogen-bond donors (Lipinski definition) is 1. The van der Waals surface area contributed by atoms with Crippen LogP contribution in [0.25, 0.3) is 0 Å². The number of piperidine rings is 1. The third-order valence-corrected chi connectivity index (χ3v) is 3.48. The summed E-state index contributed by atoms with van der Waals surface area (Å²) in [7, 11) is 0. The van der Waals surface area contributed by atoms with Gasteiger partial charge in [0.25, 0.3) is 0 Å². The summed E-state index contributed by atoms with van der Waals surface area (Å²) < 4.78 is 5.12. The Labute approximate surface area is 97.8 Å². The number of rotatable bonds is 4. The molecule has 0 bridgehead atoms. The minimum absolute atomic E-state index is 0.389. The molecule has 1 fully saturated rings. The molecule has 2 atom stereocenters. The summed E-state index contributed by atoms with van der Waals surface area (Å²) in [4.78, 5) is 2.52. The van der Waals surface area contributed by atoms with Gasteiger partial charge in [-0.15, -0.1) is 0 Å². The van der Waals surface area contributed by atoms with Crippen LogP contribution in [0.3, 0.4) is 0 Å². The smallest absolute Gasteiger partial charge is 0.0950 e. The van der Waals surface area contributed by atoms with E-state index in [1.54, 1.807) is 6.26 Å². The fraction of sp³-hybridized carbons (Fsp3) is 0.692. The van der Waals surface area contributed by atoms with Gasteiger partial charge in [0.05, 0.1) is 12.5 Å². The maximum absolute atomic E-state index is 5.12. The molecule has 3 nitrogen and oxygen atoms in total. The second-order valence-electron chi connectivity index (χ2n) is 4.68. The minimum Gasteiger partial charge on any atom is -0.472 e. The number of nitrogens with zero attached hydrogens (tertiary/aromatic N) is 1. The molecule has 0 amide bonds. The van der Waals surface area contributed by atoms with Crippen molar-refractivity contribution in [1.82, 2.24) is 10.2 Å². The Bertz CT molecular complexity index is 297. The van der Waals surface area contributed by atoms with E-state index in [9.17, 15) is 0 Å². The van der Waals surface area contributed by atoms with Crippen LogP contribution in [0, 0.1) is 0 Å². The van der Waals surface area contributed by atoms with Crippen LogP contribution in [-0.4, -0.2) is 30.6 Å². The zero-order valence-corrected chi connectivity index (χ0v) is 10.3. The molecule has 1 aromatic heterocycles. The average Bonchev–Trinajstić information content (AvgIpc) is 2.83. The average molecular weight is 222 g/mol. The molecule has 2 rings (SSSR count). The SMILES string of the molecule is CCN1CCCC(NC(C)c2ccoc2)C1. The lowest BCUT2D eigenvalue weighted by Gasteiger charge is -2.33. The number of nitrogens with one attached hydrogen (secondary N) is 1. The van der Waals surface area contributed by atoms with E-state index in [-0.39, 0.29) is 0 Å². The van der Waals surface area contributed by atoms with Crippen molar-refractivity contribution in [2.75, 3.05) is 19.6 Å². The van der Waals surface area contributed by atoms with Crippen molar-refractivity contribution in [1.29, 1.82) is 0 Å². The highest BCUT2D eigenvalue weighted by Crippen LogP contribution is 2.17. The number of furan rings is 1. The molecule has 1 N–H and O–H groups in total. The molecule has 0 radical (unpaired) electrons. The minimum atomic E-state index is 0.389. The summed E-state index contributed by atoms with van der Waals surface area (Å²) in [6.07, 6.45) is 6.17. The van der Waals surface area contributed by atoms with Crippen molar-refractivity contribution >= 4 is 0 Å². The number of likely N-dealkylation sites (N-methyl/N-ethyl adjacent to an activating group) is 1. The summed E-state index contributed by atoms with van der Waals surface area (Å²) in [6.45, 7) is 8.05. The van der Waals surface area contributed by atoms with Gasteiger partial charge in [0, 0.05) is 24.2 Å². The Morgan fingerprint density at radius 2 is 2.50 bits per heavy atom. The van der Waals surface area contributed by atoms with Crippen LogP contribution >= 0.6 is 0 Å². The summed E-state index contributed by atoms with van der Waals surface area (Å²) in [5, 5.41) is 3.68. The highest BCUT2D eigenvalue weighted by Gasteiger charge is 2.20. The molecule has 0 saturated carbocycles. The van der Waals surface area contributed by atoms with Crippen LogP contribution < -0.4 is 5.32 Å². The lowest BCUT2D eigenvalue weighted by Crippen LogP contribution is -2.46. The van der Waals surface area contributed by atoms with E-state index in [0.717, 1.165) is 6.54 Å². The Kier molecular flexibility index (Phi) is 4.02. The van der Waals surface area contributed by atoms with E-state index in [4.69, 9.17) is 4.42 Å². The largest absolute Gasteiger partial charge is 0.472 e. The lowest BCUT2D eigenvalue weighted by atomic mass is 10.0. The van der Waals surface area contributed by atoms with Crippen LogP contribution in [0.15, 0.2) is 23.0 Å². The first kappa shape index (κ1) is 11.7.